The van der Waals surface area contributed by atoms with Crippen molar-refractivity contribution in [2.75, 3.05) is 0 Å². The first kappa shape index (κ1) is 9.06. The van der Waals surface area contributed by atoms with Gasteiger partial charge in [0.2, 0.25) is 0 Å². The molecule has 1 rings (SSSR count). The van der Waals surface area contributed by atoms with Gasteiger partial charge in [-0.25, -0.2) is 8.78 Å². The van der Waals surface area contributed by atoms with Crippen molar-refractivity contribution in [3.8, 4) is 0 Å². The van der Waals surface area contributed by atoms with Crippen molar-refractivity contribution in [2.45, 2.75) is 19.5 Å². The standard InChI is InChI=1S/C8H9F2NO/c1-5(12)6-2-7(8(9)10)4-11-3-6/h2-5,8,12H,1H3. The maximum absolute atomic E-state index is 12.1. The van der Waals surface area contributed by atoms with Crippen LogP contribution in [-0.4, -0.2) is 10.1 Å². The number of aromatic nitrogens is 1. The van der Waals surface area contributed by atoms with Crippen molar-refractivity contribution in [1.29, 1.82) is 0 Å². The minimum absolute atomic E-state index is 0.159. The predicted molar refractivity (Wildman–Crippen MR) is 39.8 cm³/mol. The van der Waals surface area contributed by atoms with Crippen LogP contribution in [0, 0.1) is 0 Å². The zero-order valence-electron chi connectivity index (χ0n) is 6.54. The molecule has 66 valence electrons. The van der Waals surface area contributed by atoms with Crippen molar-refractivity contribution in [3.63, 3.8) is 0 Å². The molecule has 0 radical (unpaired) electrons. The Hall–Kier alpha value is -1.03. The van der Waals surface area contributed by atoms with Crippen LogP contribution in [0.5, 0.6) is 0 Å². The lowest BCUT2D eigenvalue weighted by atomic mass is 10.1. The summed E-state index contributed by atoms with van der Waals surface area (Å²) in [5.41, 5.74) is 0.251. The number of halogens is 2. The highest BCUT2D eigenvalue weighted by atomic mass is 19.3. The van der Waals surface area contributed by atoms with Gasteiger partial charge in [0, 0.05) is 18.0 Å². The smallest absolute Gasteiger partial charge is 0.265 e. The van der Waals surface area contributed by atoms with Crippen molar-refractivity contribution in [3.05, 3.63) is 29.6 Å². The molecular weight excluding hydrogens is 164 g/mol. The third kappa shape index (κ3) is 1.98. The minimum Gasteiger partial charge on any atom is -0.389 e. The molecule has 1 atom stereocenters. The number of hydrogen-bond donors (Lipinski definition) is 1. The highest BCUT2D eigenvalue weighted by Gasteiger charge is 2.09. The monoisotopic (exact) mass is 173 g/mol. The summed E-state index contributed by atoms with van der Waals surface area (Å²) in [5, 5.41) is 9.05. The Bertz CT molecular complexity index is 240. The van der Waals surface area contributed by atoms with E-state index in [1.165, 1.54) is 19.2 Å². The highest BCUT2D eigenvalue weighted by molar-refractivity contribution is 5.20. The van der Waals surface area contributed by atoms with Gasteiger partial charge in [-0.2, -0.15) is 0 Å². The minimum atomic E-state index is -2.53. The average molecular weight is 173 g/mol. The van der Waals surface area contributed by atoms with Crippen molar-refractivity contribution in [2.24, 2.45) is 0 Å². The third-order valence-corrected chi connectivity index (χ3v) is 1.51. The van der Waals surface area contributed by atoms with Gasteiger partial charge in [0.25, 0.3) is 6.43 Å². The summed E-state index contributed by atoms with van der Waals surface area (Å²) >= 11 is 0. The topological polar surface area (TPSA) is 33.1 Å². The normalized spacial score (nSPS) is 13.4. The molecule has 1 unspecified atom stereocenters. The van der Waals surface area contributed by atoms with E-state index in [0.717, 1.165) is 6.20 Å². The first-order valence-electron chi connectivity index (χ1n) is 3.52. The fourth-order valence-electron chi connectivity index (χ4n) is 0.824. The molecule has 0 aromatic carbocycles. The van der Waals surface area contributed by atoms with Crippen LogP contribution in [-0.2, 0) is 0 Å². The molecule has 1 aromatic heterocycles. The summed E-state index contributed by atoms with van der Waals surface area (Å²) in [5.74, 6) is 0. The molecule has 0 aliphatic heterocycles. The molecular formula is C8H9F2NO. The van der Waals surface area contributed by atoms with Crippen LogP contribution in [0.3, 0.4) is 0 Å². The fourth-order valence-corrected chi connectivity index (χ4v) is 0.824. The Morgan fingerprint density at radius 1 is 1.33 bits per heavy atom. The Labute approximate surface area is 68.9 Å². The molecule has 12 heavy (non-hydrogen) atoms. The summed E-state index contributed by atoms with van der Waals surface area (Å²) in [6, 6.07) is 1.25. The van der Waals surface area contributed by atoms with Gasteiger partial charge in [0.15, 0.2) is 0 Å². The number of hydrogen-bond acceptors (Lipinski definition) is 2. The average Bonchev–Trinajstić information content (AvgIpc) is 2.04. The van der Waals surface area contributed by atoms with Crippen LogP contribution in [0.15, 0.2) is 18.5 Å². The lowest BCUT2D eigenvalue weighted by Crippen LogP contribution is -1.95. The number of pyridine rings is 1. The molecule has 1 aromatic rings. The van der Waals surface area contributed by atoms with E-state index in [0.29, 0.717) is 5.56 Å². The summed E-state index contributed by atoms with van der Waals surface area (Å²) in [6.07, 6.45) is -0.819. The van der Waals surface area contributed by atoms with Crippen LogP contribution in [0.4, 0.5) is 8.78 Å². The molecule has 0 saturated heterocycles. The van der Waals surface area contributed by atoms with Crippen LogP contribution in [0.2, 0.25) is 0 Å². The van der Waals surface area contributed by atoms with E-state index in [9.17, 15) is 8.78 Å². The highest BCUT2D eigenvalue weighted by Crippen LogP contribution is 2.20. The van der Waals surface area contributed by atoms with Gasteiger partial charge in [0.05, 0.1) is 6.10 Å². The SMILES string of the molecule is CC(O)c1cncc(C(F)F)c1. The van der Waals surface area contributed by atoms with Crippen LogP contribution >= 0.6 is 0 Å². The first-order chi connectivity index (χ1) is 5.61. The van der Waals surface area contributed by atoms with Gasteiger partial charge in [-0.3, -0.25) is 4.98 Å². The quantitative estimate of drug-likeness (QED) is 0.742. The van der Waals surface area contributed by atoms with Gasteiger partial charge in [-0.1, -0.05) is 0 Å². The van der Waals surface area contributed by atoms with E-state index in [-0.39, 0.29) is 5.56 Å². The van der Waals surface area contributed by atoms with Gasteiger partial charge in [-0.15, -0.1) is 0 Å². The summed E-state index contributed by atoms with van der Waals surface area (Å²) < 4.78 is 24.2. The number of nitrogens with zero attached hydrogens (tertiary/aromatic N) is 1. The summed E-state index contributed by atoms with van der Waals surface area (Å²) in [7, 11) is 0. The molecule has 0 fully saturated rings. The van der Waals surface area contributed by atoms with Gasteiger partial charge in [0.1, 0.15) is 0 Å². The summed E-state index contributed by atoms with van der Waals surface area (Å²) in [6.45, 7) is 1.51. The van der Waals surface area contributed by atoms with Crippen molar-refractivity contribution >= 4 is 0 Å². The molecule has 0 bridgehead atoms. The molecule has 0 aliphatic rings. The molecule has 0 amide bonds. The van der Waals surface area contributed by atoms with Gasteiger partial charge in [-0.05, 0) is 18.6 Å². The van der Waals surface area contributed by atoms with Crippen LogP contribution in [0.25, 0.3) is 0 Å². The van der Waals surface area contributed by atoms with Crippen LogP contribution in [0.1, 0.15) is 30.6 Å². The number of aliphatic hydroxyl groups excluding tert-OH is 1. The summed E-state index contributed by atoms with van der Waals surface area (Å²) in [4.78, 5) is 3.59. The Balaban J connectivity index is 2.96. The molecule has 2 nitrogen and oxygen atoms in total. The number of alkyl halides is 2. The molecule has 1 N–H and O–H groups in total. The van der Waals surface area contributed by atoms with E-state index >= 15 is 0 Å². The van der Waals surface area contributed by atoms with E-state index < -0.39 is 12.5 Å². The number of rotatable bonds is 2. The third-order valence-electron chi connectivity index (χ3n) is 1.51. The second-order valence-electron chi connectivity index (χ2n) is 2.53. The van der Waals surface area contributed by atoms with Gasteiger partial charge < -0.3 is 5.11 Å². The molecule has 4 heteroatoms. The Morgan fingerprint density at radius 3 is 2.42 bits per heavy atom. The maximum atomic E-state index is 12.1. The predicted octanol–water partition coefficient (Wildman–Crippen LogP) is 2.07. The van der Waals surface area contributed by atoms with E-state index in [1.54, 1.807) is 0 Å². The van der Waals surface area contributed by atoms with E-state index in [1.807, 2.05) is 0 Å². The van der Waals surface area contributed by atoms with Gasteiger partial charge >= 0.3 is 0 Å². The van der Waals surface area contributed by atoms with Crippen molar-refractivity contribution in [1.82, 2.24) is 4.98 Å². The Kier molecular flexibility index (Phi) is 2.70. The first-order valence-corrected chi connectivity index (χ1v) is 3.52. The second-order valence-corrected chi connectivity index (χ2v) is 2.53. The van der Waals surface area contributed by atoms with E-state index in [2.05, 4.69) is 4.98 Å². The second kappa shape index (κ2) is 3.58. The molecule has 0 saturated carbocycles. The lowest BCUT2D eigenvalue weighted by molar-refractivity contribution is 0.150. The largest absolute Gasteiger partial charge is 0.389 e. The zero-order chi connectivity index (χ0) is 9.14. The zero-order valence-corrected chi connectivity index (χ0v) is 6.54. The lowest BCUT2D eigenvalue weighted by Gasteiger charge is -2.05. The Morgan fingerprint density at radius 2 is 1.92 bits per heavy atom. The molecule has 0 spiro atoms. The molecule has 0 aliphatic carbocycles. The van der Waals surface area contributed by atoms with Crippen LogP contribution < -0.4 is 0 Å². The van der Waals surface area contributed by atoms with E-state index in [4.69, 9.17) is 5.11 Å². The number of aliphatic hydroxyl groups is 1. The van der Waals surface area contributed by atoms with Crippen molar-refractivity contribution < 1.29 is 13.9 Å². The maximum Gasteiger partial charge on any atom is 0.265 e. The fraction of sp³-hybridized carbons (Fsp3) is 0.375. The molecule has 1 heterocycles.